The van der Waals surface area contributed by atoms with E-state index in [4.69, 9.17) is 5.26 Å². The Labute approximate surface area is 93.7 Å². The van der Waals surface area contributed by atoms with Crippen molar-refractivity contribution in [1.29, 1.82) is 5.26 Å². The highest BCUT2D eigenvalue weighted by Crippen LogP contribution is 2.29. The molecule has 84 valence electrons. The number of halogens is 1. The van der Waals surface area contributed by atoms with Crippen LogP contribution in [0.2, 0.25) is 0 Å². The summed E-state index contributed by atoms with van der Waals surface area (Å²) < 4.78 is 13.0. The first-order valence-corrected chi connectivity index (χ1v) is 5.19. The van der Waals surface area contributed by atoms with Crippen LogP contribution in [-0.2, 0) is 0 Å². The van der Waals surface area contributed by atoms with Gasteiger partial charge in [0, 0.05) is 13.1 Å². The molecule has 0 aliphatic carbocycles. The lowest BCUT2D eigenvalue weighted by Gasteiger charge is -2.21. The SMILES string of the molecule is CC1(O)CCN(c2ccc(F)cc2C#N)C1. The Morgan fingerprint density at radius 3 is 2.88 bits per heavy atom. The summed E-state index contributed by atoms with van der Waals surface area (Å²) in [6.45, 7) is 2.93. The second-order valence-corrected chi connectivity index (χ2v) is 4.44. The molecule has 0 radical (unpaired) electrons. The van der Waals surface area contributed by atoms with Crippen molar-refractivity contribution in [2.24, 2.45) is 0 Å². The van der Waals surface area contributed by atoms with Crippen molar-refractivity contribution in [3.05, 3.63) is 29.6 Å². The number of rotatable bonds is 1. The van der Waals surface area contributed by atoms with Crippen LogP contribution in [0.15, 0.2) is 18.2 Å². The van der Waals surface area contributed by atoms with Gasteiger partial charge in [-0.2, -0.15) is 5.26 Å². The van der Waals surface area contributed by atoms with E-state index in [2.05, 4.69) is 0 Å². The molecule has 3 nitrogen and oxygen atoms in total. The highest BCUT2D eigenvalue weighted by Gasteiger charge is 2.32. The summed E-state index contributed by atoms with van der Waals surface area (Å²) in [5.41, 5.74) is 0.292. The molecule has 0 amide bonds. The molecule has 1 saturated heterocycles. The molecule has 1 heterocycles. The Bertz CT molecular complexity index is 451. The fourth-order valence-electron chi connectivity index (χ4n) is 2.02. The first kappa shape index (κ1) is 10.9. The topological polar surface area (TPSA) is 47.3 Å². The van der Waals surface area contributed by atoms with Crippen LogP contribution in [0.25, 0.3) is 0 Å². The van der Waals surface area contributed by atoms with Crippen molar-refractivity contribution in [2.75, 3.05) is 18.0 Å². The number of benzene rings is 1. The monoisotopic (exact) mass is 220 g/mol. The minimum atomic E-state index is -0.721. The molecule has 2 rings (SSSR count). The molecule has 1 fully saturated rings. The van der Waals surface area contributed by atoms with Crippen LogP contribution >= 0.6 is 0 Å². The molecule has 1 aliphatic rings. The molecular formula is C12H13FN2O. The van der Waals surface area contributed by atoms with Gasteiger partial charge in [0.1, 0.15) is 11.9 Å². The number of anilines is 1. The summed E-state index contributed by atoms with van der Waals surface area (Å²) in [4.78, 5) is 1.91. The third-order valence-corrected chi connectivity index (χ3v) is 2.87. The van der Waals surface area contributed by atoms with Crippen LogP contribution in [0.3, 0.4) is 0 Å². The molecule has 4 heteroatoms. The Hall–Kier alpha value is -1.60. The van der Waals surface area contributed by atoms with Gasteiger partial charge in [0.05, 0.1) is 16.9 Å². The smallest absolute Gasteiger partial charge is 0.124 e. The summed E-state index contributed by atoms with van der Waals surface area (Å²) >= 11 is 0. The van der Waals surface area contributed by atoms with Crippen molar-refractivity contribution < 1.29 is 9.50 Å². The second kappa shape index (κ2) is 3.76. The number of aliphatic hydroxyl groups is 1. The summed E-state index contributed by atoms with van der Waals surface area (Å²) in [6.07, 6.45) is 0.662. The molecule has 0 saturated carbocycles. The normalized spacial score (nSPS) is 24.5. The Kier molecular flexibility index (Phi) is 2.56. The van der Waals surface area contributed by atoms with Crippen LogP contribution < -0.4 is 4.90 Å². The standard InChI is InChI=1S/C12H13FN2O/c1-12(16)4-5-15(8-12)11-3-2-10(13)6-9(11)7-14/h2-3,6,16H,4-5,8H2,1H3. The fourth-order valence-corrected chi connectivity index (χ4v) is 2.02. The summed E-state index contributed by atoms with van der Waals surface area (Å²) in [5.74, 6) is -0.411. The lowest BCUT2D eigenvalue weighted by Crippen LogP contribution is -2.29. The van der Waals surface area contributed by atoms with Crippen molar-refractivity contribution in [1.82, 2.24) is 0 Å². The van der Waals surface area contributed by atoms with Crippen molar-refractivity contribution in [2.45, 2.75) is 18.9 Å². The van der Waals surface area contributed by atoms with Crippen LogP contribution in [0.1, 0.15) is 18.9 Å². The molecule has 1 unspecified atom stereocenters. The number of hydrogen-bond acceptors (Lipinski definition) is 3. The molecular weight excluding hydrogens is 207 g/mol. The maximum atomic E-state index is 13.0. The third-order valence-electron chi connectivity index (χ3n) is 2.87. The Morgan fingerprint density at radius 2 is 2.31 bits per heavy atom. The second-order valence-electron chi connectivity index (χ2n) is 4.44. The van der Waals surface area contributed by atoms with E-state index in [-0.39, 0.29) is 0 Å². The van der Waals surface area contributed by atoms with E-state index in [0.717, 1.165) is 0 Å². The fraction of sp³-hybridized carbons (Fsp3) is 0.417. The average molecular weight is 220 g/mol. The van der Waals surface area contributed by atoms with Crippen LogP contribution in [-0.4, -0.2) is 23.8 Å². The van der Waals surface area contributed by atoms with Gasteiger partial charge in [0.15, 0.2) is 0 Å². The van der Waals surface area contributed by atoms with E-state index >= 15 is 0 Å². The van der Waals surface area contributed by atoms with Gasteiger partial charge in [-0.1, -0.05) is 0 Å². The number of nitrogens with zero attached hydrogens (tertiary/aromatic N) is 2. The molecule has 0 bridgehead atoms. The molecule has 1 N–H and O–H groups in total. The van der Waals surface area contributed by atoms with Gasteiger partial charge in [0.2, 0.25) is 0 Å². The molecule has 1 aromatic carbocycles. The van der Waals surface area contributed by atoms with E-state index in [1.165, 1.54) is 12.1 Å². The number of hydrogen-bond donors (Lipinski definition) is 1. The van der Waals surface area contributed by atoms with Gasteiger partial charge in [0.25, 0.3) is 0 Å². The van der Waals surface area contributed by atoms with Gasteiger partial charge in [-0.3, -0.25) is 0 Å². The highest BCUT2D eigenvalue weighted by molar-refractivity contribution is 5.60. The Morgan fingerprint density at radius 1 is 1.56 bits per heavy atom. The third kappa shape index (κ3) is 2.00. The molecule has 1 atom stereocenters. The predicted octanol–water partition coefficient (Wildman–Crippen LogP) is 1.66. The lowest BCUT2D eigenvalue weighted by molar-refractivity contribution is 0.0839. The lowest BCUT2D eigenvalue weighted by atomic mass is 10.1. The van der Waals surface area contributed by atoms with Crippen molar-refractivity contribution >= 4 is 5.69 Å². The maximum absolute atomic E-state index is 13.0. The molecule has 1 aliphatic heterocycles. The first-order valence-electron chi connectivity index (χ1n) is 5.19. The van der Waals surface area contributed by atoms with E-state index < -0.39 is 11.4 Å². The van der Waals surface area contributed by atoms with Crippen LogP contribution in [0.4, 0.5) is 10.1 Å². The minimum absolute atomic E-state index is 0.317. The van der Waals surface area contributed by atoms with E-state index in [0.29, 0.717) is 30.8 Å². The predicted molar refractivity (Wildman–Crippen MR) is 58.6 cm³/mol. The van der Waals surface area contributed by atoms with Gasteiger partial charge < -0.3 is 10.0 Å². The Balaban J connectivity index is 2.32. The molecule has 0 aromatic heterocycles. The maximum Gasteiger partial charge on any atom is 0.124 e. The zero-order chi connectivity index (χ0) is 11.8. The largest absolute Gasteiger partial charge is 0.388 e. The summed E-state index contributed by atoms with van der Waals surface area (Å²) in [7, 11) is 0. The average Bonchev–Trinajstić information content (AvgIpc) is 2.58. The van der Waals surface area contributed by atoms with E-state index in [1.54, 1.807) is 13.0 Å². The number of nitriles is 1. The highest BCUT2D eigenvalue weighted by atomic mass is 19.1. The van der Waals surface area contributed by atoms with E-state index in [9.17, 15) is 9.50 Å². The molecule has 1 aromatic rings. The van der Waals surface area contributed by atoms with Gasteiger partial charge >= 0.3 is 0 Å². The van der Waals surface area contributed by atoms with Crippen LogP contribution in [0.5, 0.6) is 0 Å². The zero-order valence-corrected chi connectivity index (χ0v) is 9.07. The molecule has 16 heavy (non-hydrogen) atoms. The molecule has 0 spiro atoms. The van der Waals surface area contributed by atoms with Gasteiger partial charge in [-0.05, 0) is 31.5 Å². The van der Waals surface area contributed by atoms with Gasteiger partial charge in [-0.25, -0.2) is 4.39 Å². The zero-order valence-electron chi connectivity index (χ0n) is 9.07. The van der Waals surface area contributed by atoms with Crippen molar-refractivity contribution in [3.8, 4) is 6.07 Å². The first-order chi connectivity index (χ1) is 7.52. The summed E-state index contributed by atoms with van der Waals surface area (Å²) in [6, 6.07) is 6.13. The number of β-amino-alcohol motifs (C(OH)–C–C–N with tert-alkyl or cyclic N) is 1. The quantitative estimate of drug-likeness (QED) is 0.783. The van der Waals surface area contributed by atoms with E-state index in [1.807, 2.05) is 11.0 Å². The van der Waals surface area contributed by atoms with Crippen LogP contribution in [0, 0.1) is 17.1 Å². The summed E-state index contributed by atoms with van der Waals surface area (Å²) in [5, 5.41) is 18.8. The minimum Gasteiger partial charge on any atom is -0.388 e. The van der Waals surface area contributed by atoms with Crippen molar-refractivity contribution in [3.63, 3.8) is 0 Å². The van der Waals surface area contributed by atoms with Gasteiger partial charge in [-0.15, -0.1) is 0 Å².